The molecule has 0 unspecified atom stereocenters. The molecule has 2 heterocycles. The molecule has 0 bridgehead atoms. The van der Waals surface area contributed by atoms with Crippen LogP contribution < -0.4 is 0 Å². The van der Waals surface area contributed by atoms with Gasteiger partial charge in [0, 0.05) is 0 Å². The topological polar surface area (TPSA) is 49.2 Å². The van der Waals surface area contributed by atoms with Gasteiger partial charge in [0.15, 0.2) is 0 Å². The lowest BCUT2D eigenvalue weighted by atomic mass is 9.87. The molecular weight excluding hydrogens is 400 g/mol. The highest BCUT2D eigenvalue weighted by Crippen LogP contribution is 2.39. The summed E-state index contributed by atoms with van der Waals surface area (Å²) in [7, 11) is -1.22. The average Bonchev–Trinajstić information content (AvgIpc) is 3.09. The van der Waals surface area contributed by atoms with E-state index in [0.717, 1.165) is 29.0 Å². The highest BCUT2D eigenvalue weighted by Gasteiger charge is 2.53. The zero-order chi connectivity index (χ0) is 20.9. The van der Waals surface area contributed by atoms with E-state index in [1.807, 2.05) is 0 Å². The summed E-state index contributed by atoms with van der Waals surface area (Å²) >= 11 is 5.98. The smallest absolute Gasteiger partial charge is 0.398 e. The summed E-state index contributed by atoms with van der Waals surface area (Å²) in [4.78, 5) is 0. The second-order valence-corrected chi connectivity index (χ2v) is 7.78. The van der Waals surface area contributed by atoms with Gasteiger partial charge in [0.25, 0.3) is 0 Å². The molecule has 150 valence electrons. The first-order chi connectivity index (χ1) is 12.8. The third-order valence-corrected chi connectivity index (χ3v) is 5.12. The molecule has 3 rings (SSSR count). The SMILES string of the molecule is CC1(C)OB(C(F)=Cc2cn(-c3cc(C(F)(F)F)ccc3Cl)nn2)OC1(C)C. The van der Waals surface area contributed by atoms with Gasteiger partial charge in [-0.25, -0.2) is 9.07 Å². The van der Waals surface area contributed by atoms with Gasteiger partial charge in [0.05, 0.1) is 33.7 Å². The van der Waals surface area contributed by atoms with E-state index in [-0.39, 0.29) is 16.4 Å². The number of nitrogens with zero attached hydrogens (tertiary/aromatic N) is 3. The fourth-order valence-electron chi connectivity index (χ4n) is 2.49. The first kappa shape index (κ1) is 20.8. The van der Waals surface area contributed by atoms with Gasteiger partial charge in [0.2, 0.25) is 0 Å². The van der Waals surface area contributed by atoms with E-state index in [2.05, 4.69) is 10.3 Å². The first-order valence-electron chi connectivity index (χ1n) is 8.32. The van der Waals surface area contributed by atoms with Crippen molar-refractivity contribution in [2.75, 3.05) is 0 Å². The van der Waals surface area contributed by atoms with E-state index in [9.17, 15) is 17.6 Å². The van der Waals surface area contributed by atoms with E-state index in [1.165, 1.54) is 6.20 Å². The molecule has 0 N–H and O–H groups in total. The summed E-state index contributed by atoms with van der Waals surface area (Å²) in [5, 5.41) is 7.53. The lowest BCUT2D eigenvalue weighted by Crippen LogP contribution is -2.41. The van der Waals surface area contributed by atoms with E-state index in [0.29, 0.717) is 0 Å². The minimum Gasteiger partial charge on any atom is -0.398 e. The summed E-state index contributed by atoms with van der Waals surface area (Å²) in [6.07, 6.45) is -2.23. The number of benzene rings is 1. The molecule has 0 saturated carbocycles. The van der Waals surface area contributed by atoms with E-state index < -0.39 is 35.8 Å². The zero-order valence-electron chi connectivity index (χ0n) is 15.5. The summed E-state index contributed by atoms with van der Waals surface area (Å²) < 4.78 is 65.5. The first-order valence-corrected chi connectivity index (χ1v) is 8.70. The van der Waals surface area contributed by atoms with Gasteiger partial charge < -0.3 is 9.31 Å². The minimum atomic E-state index is -4.54. The van der Waals surface area contributed by atoms with Crippen LogP contribution in [0.15, 0.2) is 30.1 Å². The van der Waals surface area contributed by atoms with Gasteiger partial charge in [-0.2, -0.15) is 13.2 Å². The average molecular weight is 418 g/mol. The molecule has 0 radical (unpaired) electrons. The highest BCUT2D eigenvalue weighted by atomic mass is 35.5. The van der Waals surface area contributed by atoms with Gasteiger partial charge in [-0.3, -0.25) is 0 Å². The second kappa shape index (κ2) is 6.86. The van der Waals surface area contributed by atoms with Crippen molar-refractivity contribution >= 4 is 24.8 Å². The molecule has 28 heavy (non-hydrogen) atoms. The van der Waals surface area contributed by atoms with E-state index >= 15 is 0 Å². The Morgan fingerprint density at radius 1 is 1.18 bits per heavy atom. The Morgan fingerprint density at radius 3 is 2.36 bits per heavy atom. The number of alkyl halides is 3. The molecule has 1 aliphatic heterocycles. The van der Waals surface area contributed by atoms with Crippen LogP contribution in [0.5, 0.6) is 0 Å². The monoisotopic (exact) mass is 417 g/mol. The lowest BCUT2D eigenvalue weighted by molar-refractivity contribution is -0.137. The maximum absolute atomic E-state index is 14.6. The van der Waals surface area contributed by atoms with Gasteiger partial charge in [-0.15, -0.1) is 5.10 Å². The highest BCUT2D eigenvalue weighted by molar-refractivity contribution is 6.54. The van der Waals surface area contributed by atoms with Crippen LogP contribution in [-0.2, 0) is 15.5 Å². The third-order valence-electron chi connectivity index (χ3n) is 4.80. The van der Waals surface area contributed by atoms with Crippen molar-refractivity contribution in [2.24, 2.45) is 0 Å². The van der Waals surface area contributed by atoms with E-state index in [4.69, 9.17) is 20.9 Å². The number of aromatic nitrogens is 3. The molecule has 2 aromatic rings. The van der Waals surface area contributed by atoms with Gasteiger partial charge in [-0.05, 0) is 52.0 Å². The van der Waals surface area contributed by atoms with Crippen LogP contribution in [-0.4, -0.2) is 33.3 Å². The Morgan fingerprint density at radius 2 is 1.79 bits per heavy atom. The number of hydrogen-bond donors (Lipinski definition) is 0. The minimum absolute atomic E-state index is 0.0281. The van der Waals surface area contributed by atoms with Crippen LogP contribution in [0.3, 0.4) is 0 Å². The van der Waals surface area contributed by atoms with Gasteiger partial charge in [0.1, 0.15) is 11.4 Å². The molecule has 5 nitrogen and oxygen atoms in total. The Balaban J connectivity index is 1.86. The number of rotatable bonds is 3. The van der Waals surface area contributed by atoms with Crippen LogP contribution in [0.25, 0.3) is 11.8 Å². The van der Waals surface area contributed by atoms with Crippen molar-refractivity contribution in [3.8, 4) is 5.69 Å². The van der Waals surface area contributed by atoms with Crippen molar-refractivity contribution in [2.45, 2.75) is 45.1 Å². The predicted molar refractivity (Wildman–Crippen MR) is 96.5 cm³/mol. The van der Waals surface area contributed by atoms with Crippen LogP contribution in [0.4, 0.5) is 17.6 Å². The lowest BCUT2D eigenvalue weighted by Gasteiger charge is -2.32. The largest absolute Gasteiger partial charge is 0.525 e. The van der Waals surface area contributed by atoms with Crippen LogP contribution in [0.2, 0.25) is 5.02 Å². The van der Waals surface area contributed by atoms with Crippen LogP contribution in [0.1, 0.15) is 39.0 Å². The molecule has 11 heteroatoms. The third kappa shape index (κ3) is 3.94. The molecule has 0 atom stereocenters. The molecule has 1 aromatic carbocycles. The molecule has 0 amide bonds. The second-order valence-electron chi connectivity index (χ2n) is 7.37. The number of hydrogen-bond acceptors (Lipinski definition) is 4. The standard InChI is InChI=1S/C17H17BClF4N3O2/c1-15(2)16(3,4)28-18(27-15)14(20)8-11-9-26(25-24-11)13-7-10(17(21,22)23)5-6-12(13)19/h5-9H,1-4H3. The van der Waals surface area contributed by atoms with Gasteiger partial charge in [-0.1, -0.05) is 16.8 Å². The molecule has 1 aliphatic rings. The summed E-state index contributed by atoms with van der Waals surface area (Å²) in [6.45, 7) is 7.14. The Bertz CT molecular complexity index is 911. The molecular formula is C17H17BClF4N3O2. The summed E-state index contributed by atoms with van der Waals surface area (Å²) in [5.74, 6) is 0. The maximum atomic E-state index is 14.6. The summed E-state index contributed by atoms with van der Waals surface area (Å²) in [5.41, 5.74) is -3.01. The fourth-order valence-corrected chi connectivity index (χ4v) is 2.69. The fraction of sp³-hybridized carbons (Fsp3) is 0.412. The Labute approximate surface area is 164 Å². The van der Waals surface area contributed by atoms with Crippen molar-refractivity contribution in [3.05, 3.63) is 46.4 Å². The quantitative estimate of drug-likeness (QED) is 0.527. The van der Waals surface area contributed by atoms with E-state index in [1.54, 1.807) is 27.7 Å². The molecule has 0 aliphatic carbocycles. The maximum Gasteiger partial charge on any atom is 0.525 e. The van der Waals surface area contributed by atoms with Gasteiger partial charge >= 0.3 is 13.3 Å². The van der Waals surface area contributed by atoms with Crippen molar-refractivity contribution in [3.63, 3.8) is 0 Å². The normalized spacial score (nSPS) is 19.3. The number of halogens is 5. The van der Waals surface area contributed by atoms with Crippen molar-refractivity contribution in [1.29, 1.82) is 0 Å². The Hall–Kier alpha value is -1.91. The molecule has 0 spiro atoms. The summed E-state index contributed by atoms with van der Waals surface area (Å²) in [6, 6.07) is 2.82. The molecule has 1 fully saturated rings. The predicted octanol–water partition coefficient (Wildman–Crippen LogP) is 4.88. The zero-order valence-corrected chi connectivity index (χ0v) is 16.3. The van der Waals surface area contributed by atoms with Crippen LogP contribution >= 0.6 is 11.6 Å². The van der Waals surface area contributed by atoms with Crippen LogP contribution in [0, 0.1) is 0 Å². The Kier molecular flexibility index (Phi) is 5.10. The van der Waals surface area contributed by atoms with Crippen molar-refractivity contribution < 1.29 is 26.9 Å². The molecule has 1 aromatic heterocycles. The van der Waals surface area contributed by atoms with Crippen molar-refractivity contribution in [1.82, 2.24) is 15.0 Å². The molecule has 1 saturated heterocycles.